The summed E-state index contributed by atoms with van der Waals surface area (Å²) in [4.78, 5) is 51.7. The van der Waals surface area contributed by atoms with Gasteiger partial charge in [-0.15, -0.1) is 0 Å². The van der Waals surface area contributed by atoms with Crippen LogP contribution in [0.5, 0.6) is 5.75 Å². The van der Waals surface area contributed by atoms with Crippen LogP contribution in [0.3, 0.4) is 0 Å². The standard InChI is InChI=1S/C22H29BN4O9/c1-2-26-8-9-27(19(31)18(26)30)21(34)25-16(22(11-28)6-7-22)17(29)24-14-10-12-4-3-5-13(20(32)33)15(12)36-23(14)35/h3-5,14,16,21,25,28,34-35H,2,6-11H2,1H3,(H,24,29)(H,32,33)/t14-,16-,21?/m0/s1. The molecule has 13 nitrogen and oxygen atoms in total. The lowest BCUT2D eigenvalue weighted by atomic mass is 9.72. The van der Waals surface area contributed by atoms with Gasteiger partial charge in [0.05, 0.1) is 24.2 Å². The van der Waals surface area contributed by atoms with Crippen molar-refractivity contribution in [2.24, 2.45) is 5.41 Å². The van der Waals surface area contributed by atoms with E-state index in [1.807, 2.05) is 0 Å². The molecule has 1 saturated heterocycles. The number of piperazine rings is 1. The highest BCUT2D eigenvalue weighted by molar-refractivity contribution is 6.47. The average molecular weight is 504 g/mol. The number of rotatable bonds is 9. The first-order valence-electron chi connectivity index (χ1n) is 11.8. The fourth-order valence-corrected chi connectivity index (χ4v) is 4.68. The molecular formula is C22H29BN4O9. The molecule has 14 heteroatoms. The first-order chi connectivity index (χ1) is 17.1. The highest BCUT2D eigenvalue weighted by Gasteiger charge is 2.54. The summed E-state index contributed by atoms with van der Waals surface area (Å²) in [5, 5.41) is 45.9. The molecule has 36 heavy (non-hydrogen) atoms. The molecule has 2 fully saturated rings. The molecule has 1 aromatic carbocycles. The number of amides is 3. The minimum Gasteiger partial charge on any atom is -0.534 e. The number of hydrogen-bond donors (Lipinski definition) is 6. The van der Waals surface area contributed by atoms with Crippen molar-refractivity contribution < 1.29 is 44.2 Å². The van der Waals surface area contributed by atoms with Crippen LogP contribution >= 0.6 is 0 Å². The number of carboxylic acid groups (broad SMARTS) is 1. The maximum atomic E-state index is 13.3. The summed E-state index contributed by atoms with van der Waals surface area (Å²) >= 11 is 0. The Morgan fingerprint density at radius 1 is 1.25 bits per heavy atom. The van der Waals surface area contributed by atoms with Gasteiger partial charge in [-0.05, 0) is 37.8 Å². The summed E-state index contributed by atoms with van der Waals surface area (Å²) in [6.07, 6.45) is -0.623. The third-order valence-corrected chi connectivity index (χ3v) is 7.09. The van der Waals surface area contributed by atoms with Gasteiger partial charge in [0.2, 0.25) is 5.91 Å². The normalized spacial score (nSPS) is 22.4. The Labute approximate surface area is 207 Å². The fraction of sp³-hybridized carbons (Fsp3) is 0.545. The van der Waals surface area contributed by atoms with Gasteiger partial charge < -0.3 is 35.2 Å². The van der Waals surface area contributed by atoms with Crippen molar-refractivity contribution in [1.82, 2.24) is 20.4 Å². The van der Waals surface area contributed by atoms with Crippen LogP contribution in [-0.4, -0.2) is 106 Å². The molecule has 1 aliphatic carbocycles. The summed E-state index contributed by atoms with van der Waals surface area (Å²) < 4.78 is 5.41. The molecule has 1 saturated carbocycles. The molecular weight excluding hydrogens is 475 g/mol. The molecule has 6 N–H and O–H groups in total. The van der Waals surface area contributed by atoms with E-state index in [1.165, 1.54) is 17.0 Å². The average Bonchev–Trinajstić information content (AvgIpc) is 3.65. The Bertz CT molecular complexity index is 1070. The summed E-state index contributed by atoms with van der Waals surface area (Å²) in [5.74, 6) is -4.45. The van der Waals surface area contributed by atoms with Gasteiger partial charge >= 0.3 is 24.9 Å². The molecule has 2 aliphatic heterocycles. The van der Waals surface area contributed by atoms with E-state index in [2.05, 4.69) is 10.6 Å². The smallest absolute Gasteiger partial charge is 0.534 e. The quantitative estimate of drug-likeness (QED) is 0.119. The molecule has 4 rings (SSSR count). The second kappa shape index (κ2) is 10.0. The van der Waals surface area contributed by atoms with Crippen molar-refractivity contribution in [3.05, 3.63) is 29.3 Å². The molecule has 0 radical (unpaired) electrons. The van der Waals surface area contributed by atoms with Gasteiger partial charge in [0.15, 0.2) is 6.35 Å². The molecule has 0 spiro atoms. The molecule has 1 unspecified atom stereocenters. The van der Waals surface area contributed by atoms with Gasteiger partial charge in [0, 0.05) is 25.0 Å². The van der Waals surface area contributed by atoms with Crippen LogP contribution < -0.4 is 15.3 Å². The van der Waals surface area contributed by atoms with Crippen LogP contribution in [0, 0.1) is 5.41 Å². The highest BCUT2D eigenvalue weighted by Crippen LogP contribution is 2.48. The topological polar surface area (TPSA) is 189 Å². The number of carbonyl (C=O) groups is 4. The second-order valence-corrected chi connectivity index (χ2v) is 9.30. The summed E-state index contributed by atoms with van der Waals surface area (Å²) in [6, 6.07) is 3.35. The van der Waals surface area contributed by atoms with E-state index in [1.54, 1.807) is 13.0 Å². The summed E-state index contributed by atoms with van der Waals surface area (Å²) in [7, 11) is -1.54. The number of likely N-dealkylation sites (N-methyl/N-ethyl adjacent to an activating group) is 1. The molecule has 0 bridgehead atoms. The zero-order valence-electron chi connectivity index (χ0n) is 19.7. The van der Waals surface area contributed by atoms with Crippen LogP contribution in [0.2, 0.25) is 0 Å². The number of carbonyl (C=O) groups excluding carboxylic acids is 3. The van der Waals surface area contributed by atoms with Crippen molar-refractivity contribution in [3.63, 3.8) is 0 Å². The molecule has 1 aromatic rings. The van der Waals surface area contributed by atoms with E-state index < -0.39 is 54.6 Å². The van der Waals surface area contributed by atoms with E-state index in [4.69, 9.17) is 4.65 Å². The maximum Gasteiger partial charge on any atom is 0.547 e. The van der Waals surface area contributed by atoms with Gasteiger partial charge in [-0.25, -0.2) is 4.79 Å². The minimum atomic E-state index is -1.66. The highest BCUT2D eigenvalue weighted by atomic mass is 16.5. The first kappa shape index (κ1) is 25.9. The van der Waals surface area contributed by atoms with Crippen LogP contribution in [-0.2, 0) is 20.8 Å². The SMILES string of the molecule is CCN1CCN(C(O)N[C@@H](C(=O)N[C@H]2Cc3cccc(C(=O)O)c3OB2O)C2(CO)CC2)C(=O)C1=O. The van der Waals surface area contributed by atoms with Crippen molar-refractivity contribution in [2.45, 2.75) is 44.5 Å². The zero-order valence-corrected chi connectivity index (χ0v) is 19.7. The van der Waals surface area contributed by atoms with Crippen molar-refractivity contribution in [1.29, 1.82) is 0 Å². The predicted octanol–water partition coefficient (Wildman–Crippen LogP) is -2.48. The lowest BCUT2D eigenvalue weighted by Gasteiger charge is -2.38. The number of nitrogens with zero attached hydrogens (tertiary/aromatic N) is 2. The number of benzene rings is 1. The van der Waals surface area contributed by atoms with Gasteiger partial charge in [0.1, 0.15) is 5.75 Å². The van der Waals surface area contributed by atoms with Crippen molar-refractivity contribution in [3.8, 4) is 5.75 Å². The third kappa shape index (κ3) is 4.76. The van der Waals surface area contributed by atoms with Crippen LogP contribution in [0.1, 0.15) is 35.7 Å². The number of aromatic carboxylic acids is 1. The van der Waals surface area contributed by atoms with Gasteiger partial charge in [0.25, 0.3) is 0 Å². The molecule has 3 amide bonds. The maximum absolute atomic E-state index is 13.3. The lowest BCUT2D eigenvalue weighted by Crippen LogP contribution is -2.65. The minimum absolute atomic E-state index is 0.0246. The van der Waals surface area contributed by atoms with Crippen LogP contribution in [0.25, 0.3) is 0 Å². The van der Waals surface area contributed by atoms with E-state index in [0.29, 0.717) is 24.9 Å². The Hall–Kier alpha value is -3.20. The molecule has 3 aliphatic rings. The van der Waals surface area contributed by atoms with E-state index in [0.717, 1.165) is 4.90 Å². The number of nitrogens with one attached hydrogen (secondary N) is 2. The van der Waals surface area contributed by atoms with Gasteiger partial charge in [-0.1, -0.05) is 12.1 Å². The van der Waals surface area contributed by atoms with E-state index >= 15 is 0 Å². The molecule has 2 heterocycles. The number of aliphatic hydroxyl groups is 2. The zero-order chi connectivity index (χ0) is 26.2. The predicted molar refractivity (Wildman–Crippen MR) is 123 cm³/mol. The second-order valence-electron chi connectivity index (χ2n) is 9.30. The van der Waals surface area contributed by atoms with Gasteiger partial charge in [-0.2, -0.15) is 0 Å². The number of aliphatic hydroxyl groups excluding tert-OH is 2. The first-order valence-corrected chi connectivity index (χ1v) is 11.8. The van der Waals surface area contributed by atoms with Crippen molar-refractivity contribution in [2.75, 3.05) is 26.2 Å². The molecule has 194 valence electrons. The van der Waals surface area contributed by atoms with E-state index in [9.17, 15) is 39.5 Å². The molecule has 0 aromatic heterocycles. The van der Waals surface area contributed by atoms with E-state index in [-0.39, 0.29) is 37.4 Å². The monoisotopic (exact) mass is 504 g/mol. The van der Waals surface area contributed by atoms with Crippen molar-refractivity contribution >= 4 is 30.8 Å². The Morgan fingerprint density at radius 2 is 1.97 bits per heavy atom. The van der Waals surface area contributed by atoms with Crippen LogP contribution in [0.15, 0.2) is 18.2 Å². The molecule has 3 atom stereocenters. The number of para-hydroxylation sites is 1. The summed E-state index contributed by atoms with van der Waals surface area (Å²) in [5.41, 5.74) is -0.520. The Kier molecular flexibility index (Phi) is 7.22. The Morgan fingerprint density at radius 3 is 2.58 bits per heavy atom. The lowest BCUT2D eigenvalue weighted by molar-refractivity contribution is -0.166. The third-order valence-electron chi connectivity index (χ3n) is 7.09. The van der Waals surface area contributed by atoms with Gasteiger partial charge in [-0.3, -0.25) is 24.6 Å². The van der Waals surface area contributed by atoms with Crippen LogP contribution in [0.4, 0.5) is 0 Å². The summed E-state index contributed by atoms with van der Waals surface area (Å²) in [6.45, 7) is 2.01. The Balaban J connectivity index is 1.48. The largest absolute Gasteiger partial charge is 0.547 e. The fourth-order valence-electron chi connectivity index (χ4n) is 4.68. The number of hydrogen-bond acceptors (Lipinski definition) is 9. The number of fused-ring (bicyclic) bond motifs is 1. The number of carboxylic acids is 1.